The van der Waals surface area contributed by atoms with Gasteiger partial charge in [-0.25, -0.2) is 13.4 Å². The van der Waals surface area contributed by atoms with Crippen LogP contribution in [0.4, 0.5) is 10.1 Å². The molecule has 1 fully saturated rings. The first-order chi connectivity index (χ1) is 12.2. The minimum Gasteiger partial charge on any atom is -0.506 e. The molecule has 1 aromatic carbocycles. The van der Waals surface area contributed by atoms with Crippen molar-refractivity contribution >= 4 is 21.8 Å². The molecule has 1 saturated heterocycles. The summed E-state index contributed by atoms with van der Waals surface area (Å²) in [6.45, 7) is 3.83. The lowest BCUT2D eigenvalue weighted by Crippen LogP contribution is -2.31. The fraction of sp³-hybridized carbons (Fsp3) is 0.611. The predicted octanol–water partition coefficient (Wildman–Crippen LogP) is 2.64. The number of carbonyl (C=O) groups excluding carboxylic acids is 1. The topological polar surface area (TPSA) is 86.7 Å². The Kier molecular flexibility index (Phi) is 5.14. The van der Waals surface area contributed by atoms with E-state index in [4.69, 9.17) is 0 Å². The third kappa shape index (κ3) is 3.65. The van der Waals surface area contributed by atoms with Gasteiger partial charge in [0.25, 0.3) is 5.91 Å². The van der Waals surface area contributed by atoms with Crippen LogP contribution in [-0.4, -0.2) is 26.0 Å². The molecule has 0 saturated carbocycles. The average molecular weight is 384 g/mol. The van der Waals surface area contributed by atoms with Gasteiger partial charge in [0.2, 0.25) is 0 Å². The average Bonchev–Trinajstić information content (AvgIpc) is 2.80. The molecule has 3 rings (SSSR count). The van der Waals surface area contributed by atoms with Gasteiger partial charge in [0.15, 0.2) is 5.82 Å². The number of phenolic OH excluding ortho intramolecular Hbond substituents is 1. The molecule has 26 heavy (non-hydrogen) atoms. The lowest BCUT2D eigenvalue weighted by Gasteiger charge is -2.28. The molecular weight excluding hydrogens is 359 g/mol. The van der Waals surface area contributed by atoms with E-state index in [1.807, 2.05) is 0 Å². The molecule has 1 aliphatic carbocycles. The van der Waals surface area contributed by atoms with Crippen LogP contribution in [0.1, 0.15) is 50.7 Å². The van der Waals surface area contributed by atoms with Gasteiger partial charge in [-0.2, -0.15) is 8.42 Å². The standard InChI is InChI=1S/C18H25FN2O4S/c1-11(2)4-3-5-12-6-7-13-9-15(22)18(17(19)14(13)8-12)21-10-16(23)20-26(21,24)25/h9,11-12,22H,3-8,10H2,1-2H3,(H,20,23)/t12-/m1/s1. The third-order valence-electron chi connectivity index (χ3n) is 5.19. The van der Waals surface area contributed by atoms with E-state index in [1.165, 1.54) is 6.07 Å². The first-order valence-electron chi connectivity index (χ1n) is 9.05. The maximum absolute atomic E-state index is 15.2. The Labute approximate surface area is 153 Å². The van der Waals surface area contributed by atoms with Crippen LogP contribution < -0.4 is 9.03 Å². The first-order valence-corrected chi connectivity index (χ1v) is 10.5. The second-order valence-corrected chi connectivity index (χ2v) is 9.26. The summed E-state index contributed by atoms with van der Waals surface area (Å²) >= 11 is 0. The summed E-state index contributed by atoms with van der Waals surface area (Å²) < 4.78 is 41.6. The van der Waals surface area contributed by atoms with Crippen molar-refractivity contribution in [1.29, 1.82) is 0 Å². The van der Waals surface area contributed by atoms with Gasteiger partial charge in [0.05, 0.1) is 0 Å². The number of amides is 1. The summed E-state index contributed by atoms with van der Waals surface area (Å²) in [5, 5.41) is 10.2. The molecular formula is C18H25FN2O4S. The smallest absolute Gasteiger partial charge is 0.326 e. The zero-order valence-corrected chi connectivity index (χ0v) is 15.9. The molecule has 2 aliphatic rings. The van der Waals surface area contributed by atoms with Crippen molar-refractivity contribution in [1.82, 2.24) is 4.72 Å². The van der Waals surface area contributed by atoms with Crippen LogP contribution in [0.5, 0.6) is 5.75 Å². The molecule has 1 amide bonds. The number of phenols is 1. The van der Waals surface area contributed by atoms with E-state index in [9.17, 15) is 18.3 Å². The maximum Gasteiger partial charge on any atom is 0.326 e. The number of fused-ring (bicyclic) bond motifs is 1. The maximum atomic E-state index is 15.2. The van der Waals surface area contributed by atoms with Crippen LogP contribution >= 0.6 is 0 Å². The Bertz CT molecular complexity index is 823. The number of hydrogen-bond donors (Lipinski definition) is 2. The van der Waals surface area contributed by atoms with Crippen LogP contribution in [-0.2, 0) is 27.8 Å². The van der Waals surface area contributed by atoms with Crippen LogP contribution in [0.2, 0.25) is 0 Å². The minimum absolute atomic E-state index is 0.350. The normalized spacial score (nSPS) is 21.8. The van der Waals surface area contributed by atoms with Crippen LogP contribution in [0.25, 0.3) is 0 Å². The molecule has 1 aliphatic heterocycles. The summed E-state index contributed by atoms with van der Waals surface area (Å²) in [4.78, 5) is 11.4. The molecule has 1 atom stereocenters. The van der Waals surface area contributed by atoms with Crippen LogP contribution in [0.15, 0.2) is 6.07 Å². The van der Waals surface area contributed by atoms with Crippen LogP contribution in [0, 0.1) is 17.7 Å². The van der Waals surface area contributed by atoms with E-state index in [0.29, 0.717) is 34.5 Å². The second kappa shape index (κ2) is 7.06. The number of halogens is 1. The highest BCUT2D eigenvalue weighted by molar-refractivity contribution is 7.92. The molecule has 1 aromatic rings. The lowest BCUT2D eigenvalue weighted by atomic mass is 9.80. The highest BCUT2D eigenvalue weighted by Gasteiger charge is 2.39. The van der Waals surface area contributed by atoms with E-state index in [1.54, 1.807) is 4.72 Å². The molecule has 0 radical (unpaired) electrons. The zero-order chi connectivity index (χ0) is 19.1. The Morgan fingerprint density at radius 2 is 2.15 bits per heavy atom. The largest absolute Gasteiger partial charge is 0.506 e. The molecule has 0 spiro atoms. The Morgan fingerprint density at radius 3 is 2.77 bits per heavy atom. The van der Waals surface area contributed by atoms with Crippen molar-refractivity contribution in [3.63, 3.8) is 0 Å². The van der Waals surface area contributed by atoms with Gasteiger partial charge in [-0.05, 0) is 48.3 Å². The minimum atomic E-state index is -4.16. The van der Waals surface area contributed by atoms with E-state index >= 15 is 4.39 Å². The van der Waals surface area contributed by atoms with Gasteiger partial charge < -0.3 is 5.11 Å². The quantitative estimate of drug-likeness (QED) is 0.817. The van der Waals surface area contributed by atoms with Crippen molar-refractivity contribution in [2.45, 2.75) is 52.4 Å². The van der Waals surface area contributed by atoms with E-state index in [2.05, 4.69) is 13.8 Å². The number of anilines is 1. The Morgan fingerprint density at radius 1 is 1.42 bits per heavy atom. The van der Waals surface area contributed by atoms with Gasteiger partial charge in [-0.15, -0.1) is 0 Å². The Balaban J connectivity index is 1.88. The molecule has 144 valence electrons. The molecule has 0 unspecified atom stereocenters. The second-order valence-electron chi connectivity index (χ2n) is 7.67. The summed E-state index contributed by atoms with van der Waals surface area (Å²) in [6, 6.07) is 1.44. The number of aryl methyl sites for hydroxylation is 1. The fourth-order valence-corrected chi connectivity index (χ4v) is 5.02. The molecule has 2 N–H and O–H groups in total. The molecule has 0 aromatic heterocycles. The summed E-state index contributed by atoms with van der Waals surface area (Å²) in [5.74, 6) is -0.930. The van der Waals surface area contributed by atoms with E-state index in [0.717, 1.165) is 31.2 Å². The number of benzene rings is 1. The number of hydrogen-bond acceptors (Lipinski definition) is 4. The summed E-state index contributed by atoms with van der Waals surface area (Å²) in [7, 11) is -4.16. The van der Waals surface area contributed by atoms with Gasteiger partial charge in [-0.3, -0.25) is 4.79 Å². The number of carbonyl (C=O) groups is 1. The van der Waals surface area contributed by atoms with E-state index < -0.39 is 39.9 Å². The van der Waals surface area contributed by atoms with Gasteiger partial charge >= 0.3 is 10.2 Å². The van der Waals surface area contributed by atoms with Crippen LogP contribution in [0.3, 0.4) is 0 Å². The SMILES string of the molecule is CC(C)CCC[C@@H]1CCc2cc(O)c(N3CC(=O)NS3(=O)=O)c(F)c2C1. The van der Waals surface area contributed by atoms with Crippen molar-refractivity contribution in [3.8, 4) is 5.75 Å². The molecule has 8 heteroatoms. The van der Waals surface area contributed by atoms with Gasteiger partial charge in [-0.1, -0.05) is 33.1 Å². The number of nitrogens with one attached hydrogen (secondary N) is 1. The fourth-order valence-electron chi connectivity index (χ4n) is 3.86. The molecule has 0 bridgehead atoms. The number of nitrogens with zero attached hydrogens (tertiary/aromatic N) is 1. The van der Waals surface area contributed by atoms with Crippen molar-refractivity contribution in [2.75, 3.05) is 10.8 Å². The van der Waals surface area contributed by atoms with Gasteiger partial charge in [0.1, 0.15) is 18.0 Å². The zero-order valence-electron chi connectivity index (χ0n) is 15.1. The molecule has 1 heterocycles. The van der Waals surface area contributed by atoms with Gasteiger partial charge in [0, 0.05) is 0 Å². The summed E-state index contributed by atoms with van der Waals surface area (Å²) in [5.41, 5.74) is 0.762. The summed E-state index contributed by atoms with van der Waals surface area (Å²) in [6.07, 6.45) is 5.36. The van der Waals surface area contributed by atoms with E-state index in [-0.39, 0.29) is 0 Å². The number of rotatable bonds is 5. The highest BCUT2D eigenvalue weighted by Crippen LogP contribution is 2.41. The third-order valence-corrected chi connectivity index (χ3v) is 6.57. The monoisotopic (exact) mass is 384 g/mol. The van der Waals surface area contributed by atoms with Crippen molar-refractivity contribution < 1.29 is 22.7 Å². The van der Waals surface area contributed by atoms with Crippen molar-refractivity contribution in [3.05, 3.63) is 23.0 Å². The number of aromatic hydroxyl groups is 1. The lowest BCUT2D eigenvalue weighted by molar-refractivity contribution is -0.117. The highest BCUT2D eigenvalue weighted by atomic mass is 32.2. The molecule has 6 nitrogen and oxygen atoms in total. The predicted molar refractivity (Wildman–Crippen MR) is 96.7 cm³/mol. The Hall–Kier alpha value is -1.83. The first kappa shape index (κ1) is 18.9. The van der Waals surface area contributed by atoms with Crippen molar-refractivity contribution in [2.24, 2.45) is 11.8 Å².